The third-order valence-corrected chi connectivity index (χ3v) is 4.70. The van der Waals surface area contributed by atoms with E-state index in [1.54, 1.807) is 24.3 Å². The first-order valence-corrected chi connectivity index (χ1v) is 9.11. The van der Waals surface area contributed by atoms with Crippen molar-refractivity contribution in [1.29, 1.82) is 0 Å². The summed E-state index contributed by atoms with van der Waals surface area (Å²) in [5.41, 5.74) is 1.32. The van der Waals surface area contributed by atoms with Gasteiger partial charge in [0.15, 0.2) is 5.69 Å². The number of alkyl halides is 3. The second kappa shape index (κ2) is 7.35. The van der Waals surface area contributed by atoms with E-state index in [1.807, 2.05) is 0 Å². The molecule has 1 heterocycles. The molecular formula is C21H17F4N3O. The molecule has 29 heavy (non-hydrogen) atoms. The van der Waals surface area contributed by atoms with Crippen molar-refractivity contribution in [2.45, 2.75) is 31.4 Å². The summed E-state index contributed by atoms with van der Waals surface area (Å²) < 4.78 is 53.4. The zero-order chi connectivity index (χ0) is 20.6. The number of halogens is 4. The molecule has 0 spiro atoms. The molecule has 1 aliphatic rings. The smallest absolute Gasteiger partial charge is 0.326 e. The number of nitrogens with one attached hydrogen (secondary N) is 1. The van der Waals surface area contributed by atoms with Gasteiger partial charge in [0.1, 0.15) is 5.82 Å². The minimum Gasteiger partial charge on any atom is -0.326 e. The molecule has 0 bridgehead atoms. The van der Waals surface area contributed by atoms with Crippen LogP contribution in [0.2, 0.25) is 0 Å². The lowest BCUT2D eigenvalue weighted by molar-refractivity contribution is -0.141. The summed E-state index contributed by atoms with van der Waals surface area (Å²) in [5.74, 6) is -0.558. The molecule has 0 aliphatic heterocycles. The third kappa shape index (κ3) is 4.47. The molecule has 1 fully saturated rings. The van der Waals surface area contributed by atoms with E-state index in [9.17, 15) is 22.4 Å². The standard InChI is InChI=1S/C21H17F4N3O/c22-15-5-1-13(2-6-15)11-20(29)26-16-7-9-17(10-8-16)28-18(14-3-4-14)12-19(27-28)21(23,24)25/h1-2,5-10,12,14H,3-4,11H2,(H,26,29). The number of aromatic nitrogens is 2. The topological polar surface area (TPSA) is 46.9 Å². The maximum Gasteiger partial charge on any atom is 0.435 e. The van der Waals surface area contributed by atoms with E-state index in [2.05, 4.69) is 10.4 Å². The largest absolute Gasteiger partial charge is 0.435 e. The van der Waals surface area contributed by atoms with Crippen LogP contribution in [-0.4, -0.2) is 15.7 Å². The minimum atomic E-state index is -4.50. The minimum absolute atomic E-state index is 0.0853. The molecule has 0 radical (unpaired) electrons. The van der Waals surface area contributed by atoms with E-state index in [1.165, 1.54) is 28.9 Å². The van der Waals surface area contributed by atoms with Gasteiger partial charge in [0, 0.05) is 17.3 Å². The molecule has 1 amide bonds. The second-order valence-corrected chi connectivity index (χ2v) is 7.04. The molecular weight excluding hydrogens is 386 g/mol. The van der Waals surface area contributed by atoms with Crippen LogP contribution in [0.1, 0.15) is 35.7 Å². The summed E-state index contributed by atoms with van der Waals surface area (Å²) in [7, 11) is 0. The van der Waals surface area contributed by atoms with Gasteiger partial charge in [0.25, 0.3) is 0 Å². The summed E-state index contributed by atoms with van der Waals surface area (Å²) in [5, 5.41) is 6.46. The Morgan fingerprint density at radius 2 is 1.72 bits per heavy atom. The monoisotopic (exact) mass is 403 g/mol. The van der Waals surface area contributed by atoms with Gasteiger partial charge < -0.3 is 5.32 Å². The van der Waals surface area contributed by atoms with Crippen molar-refractivity contribution in [2.24, 2.45) is 0 Å². The molecule has 2 aromatic carbocycles. The molecule has 4 nitrogen and oxygen atoms in total. The first-order chi connectivity index (χ1) is 13.8. The summed E-state index contributed by atoms with van der Waals surface area (Å²) in [4.78, 5) is 12.1. The Morgan fingerprint density at radius 3 is 2.31 bits per heavy atom. The van der Waals surface area contributed by atoms with Gasteiger partial charge in [0.05, 0.1) is 12.1 Å². The van der Waals surface area contributed by atoms with Crippen LogP contribution in [0.3, 0.4) is 0 Å². The fourth-order valence-corrected chi connectivity index (χ4v) is 3.09. The first-order valence-electron chi connectivity index (χ1n) is 9.11. The number of hydrogen-bond donors (Lipinski definition) is 1. The van der Waals surface area contributed by atoms with Gasteiger partial charge in [-0.25, -0.2) is 9.07 Å². The van der Waals surface area contributed by atoms with E-state index in [-0.39, 0.29) is 24.1 Å². The van der Waals surface area contributed by atoms with Crippen LogP contribution >= 0.6 is 0 Å². The van der Waals surface area contributed by atoms with Crippen LogP contribution in [0.15, 0.2) is 54.6 Å². The van der Waals surface area contributed by atoms with Gasteiger partial charge in [-0.3, -0.25) is 4.79 Å². The normalized spacial score (nSPS) is 14.1. The highest BCUT2D eigenvalue weighted by molar-refractivity contribution is 5.92. The van der Waals surface area contributed by atoms with Gasteiger partial charge in [-0.1, -0.05) is 12.1 Å². The fourth-order valence-electron chi connectivity index (χ4n) is 3.09. The van der Waals surface area contributed by atoms with Gasteiger partial charge >= 0.3 is 6.18 Å². The number of nitrogens with zero attached hydrogens (tertiary/aromatic N) is 2. The van der Waals surface area contributed by atoms with Crippen molar-refractivity contribution in [1.82, 2.24) is 9.78 Å². The molecule has 4 rings (SSSR count). The Bertz CT molecular complexity index is 1020. The predicted octanol–water partition coefficient (Wildman–Crippen LogP) is 5.09. The van der Waals surface area contributed by atoms with Crippen LogP contribution in [-0.2, 0) is 17.4 Å². The molecule has 0 atom stereocenters. The zero-order valence-electron chi connectivity index (χ0n) is 15.2. The Kier molecular flexibility index (Phi) is 4.86. The Labute approximate surface area is 164 Å². The molecule has 0 saturated heterocycles. The number of carbonyl (C=O) groups excluding carboxylic acids is 1. The quantitative estimate of drug-likeness (QED) is 0.604. The number of carbonyl (C=O) groups is 1. The summed E-state index contributed by atoms with van der Waals surface area (Å²) in [6.07, 6.45) is -2.72. The van der Waals surface area contributed by atoms with Crippen LogP contribution in [0.5, 0.6) is 0 Å². The van der Waals surface area contributed by atoms with Crippen LogP contribution in [0, 0.1) is 5.82 Å². The third-order valence-electron chi connectivity index (χ3n) is 4.70. The van der Waals surface area contributed by atoms with Gasteiger partial charge in [-0.05, 0) is 60.9 Å². The number of hydrogen-bond acceptors (Lipinski definition) is 2. The lowest BCUT2D eigenvalue weighted by atomic mass is 10.1. The lowest BCUT2D eigenvalue weighted by Crippen LogP contribution is -2.14. The molecule has 1 aromatic heterocycles. The average Bonchev–Trinajstić information content (AvgIpc) is 3.41. The molecule has 8 heteroatoms. The van der Waals surface area contributed by atoms with Crippen molar-refractivity contribution in [3.8, 4) is 5.69 Å². The molecule has 0 unspecified atom stereocenters. The maximum absolute atomic E-state index is 13.0. The first kappa shape index (κ1) is 19.2. The second-order valence-electron chi connectivity index (χ2n) is 7.04. The van der Waals surface area contributed by atoms with E-state index >= 15 is 0 Å². The maximum atomic E-state index is 13.0. The predicted molar refractivity (Wildman–Crippen MR) is 99.3 cm³/mol. The summed E-state index contributed by atoms with van der Waals surface area (Å²) in [6, 6.07) is 13.2. The molecule has 1 aliphatic carbocycles. The average molecular weight is 403 g/mol. The van der Waals surface area contributed by atoms with Crippen molar-refractivity contribution in [3.05, 3.63) is 77.4 Å². The fraction of sp³-hybridized carbons (Fsp3) is 0.238. The van der Waals surface area contributed by atoms with Crippen molar-refractivity contribution < 1.29 is 22.4 Å². The van der Waals surface area contributed by atoms with E-state index in [4.69, 9.17) is 0 Å². The number of amides is 1. The van der Waals surface area contributed by atoms with Gasteiger partial charge in [-0.2, -0.15) is 18.3 Å². The summed E-state index contributed by atoms with van der Waals surface area (Å²) in [6.45, 7) is 0. The number of rotatable bonds is 5. The highest BCUT2D eigenvalue weighted by Gasteiger charge is 2.38. The highest BCUT2D eigenvalue weighted by Crippen LogP contribution is 2.43. The molecule has 1 saturated carbocycles. The summed E-state index contributed by atoms with van der Waals surface area (Å²) >= 11 is 0. The van der Waals surface area contributed by atoms with Crippen LogP contribution < -0.4 is 5.32 Å². The van der Waals surface area contributed by atoms with Crippen molar-refractivity contribution in [3.63, 3.8) is 0 Å². The van der Waals surface area contributed by atoms with Crippen LogP contribution in [0.25, 0.3) is 5.69 Å². The number of benzene rings is 2. The molecule has 1 N–H and O–H groups in total. The van der Waals surface area contributed by atoms with E-state index in [0.717, 1.165) is 18.9 Å². The SMILES string of the molecule is O=C(Cc1ccc(F)cc1)Nc1ccc(-n2nc(C(F)(F)F)cc2C2CC2)cc1. The van der Waals surface area contributed by atoms with Gasteiger partial charge in [0.2, 0.25) is 5.91 Å². The van der Waals surface area contributed by atoms with Crippen LogP contribution in [0.4, 0.5) is 23.2 Å². The number of anilines is 1. The Balaban J connectivity index is 1.49. The van der Waals surface area contributed by atoms with Gasteiger partial charge in [-0.15, -0.1) is 0 Å². The Hall–Kier alpha value is -3.16. The zero-order valence-corrected chi connectivity index (χ0v) is 15.2. The lowest BCUT2D eigenvalue weighted by Gasteiger charge is -2.09. The van der Waals surface area contributed by atoms with Crippen molar-refractivity contribution >= 4 is 11.6 Å². The Morgan fingerprint density at radius 1 is 1.07 bits per heavy atom. The molecule has 3 aromatic rings. The highest BCUT2D eigenvalue weighted by atomic mass is 19.4. The van der Waals surface area contributed by atoms with Crippen molar-refractivity contribution in [2.75, 3.05) is 5.32 Å². The molecule has 150 valence electrons. The van der Waals surface area contributed by atoms with E-state index < -0.39 is 11.9 Å². The van der Waals surface area contributed by atoms with E-state index in [0.29, 0.717) is 22.6 Å².